The summed E-state index contributed by atoms with van der Waals surface area (Å²) >= 11 is 0. The number of rotatable bonds is 68. The van der Waals surface area contributed by atoms with Gasteiger partial charge >= 0.3 is 39.5 Å². The van der Waals surface area contributed by atoms with Gasteiger partial charge in [-0.25, -0.2) is 9.13 Å². The second-order valence-electron chi connectivity index (χ2n) is 26.2. The van der Waals surface area contributed by atoms with Gasteiger partial charge in [-0.1, -0.05) is 299 Å². The summed E-state index contributed by atoms with van der Waals surface area (Å²) in [6, 6.07) is 0. The van der Waals surface area contributed by atoms with E-state index in [9.17, 15) is 43.2 Å². The summed E-state index contributed by atoms with van der Waals surface area (Å²) in [6.07, 6.45) is 44.5. The summed E-state index contributed by atoms with van der Waals surface area (Å²) in [6.45, 7) is 11.8. The number of carbonyl (C=O) groups excluding carboxylic acids is 4. The zero-order valence-electron chi connectivity index (χ0n) is 57.9. The highest BCUT2D eigenvalue weighted by atomic mass is 31.2. The Balaban J connectivity index is 5.20. The van der Waals surface area contributed by atoms with Crippen molar-refractivity contribution in [3.8, 4) is 0 Å². The van der Waals surface area contributed by atoms with Crippen LogP contribution in [0.25, 0.3) is 0 Å². The number of aliphatic hydroxyl groups excluding tert-OH is 1. The average Bonchev–Trinajstić information content (AvgIpc) is 3.52. The quantitative estimate of drug-likeness (QED) is 0.0222. The molecule has 0 aliphatic rings. The van der Waals surface area contributed by atoms with Gasteiger partial charge in [0.25, 0.3) is 0 Å². The minimum atomic E-state index is -4.95. The molecule has 89 heavy (non-hydrogen) atoms. The van der Waals surface area contributed by atoms with Gasteiger partial charge in [0, 0.05) is 25.7 Å². The fraction of sp³-hybridized carbons (Fsp3) is 0.943. The van der Waals surface area contributed by atoms with Crippen LogP contribution in [0.1, 0.15) is 350 Å². The van der Waals surface area contributed by atoms with E-state index in [1.807, 2.05) is 0 Å². The van der Waals surface area contributed by atoms with Gasteiger partial charge < -0.3 is 33.8 Å². The lowest BCUT2D eigenvalue weighted by Crippen LogP contribution is -2.30. The second-order valence-corrected chi connectivity index (χ2v) is 29.1. The van der Waals surface area contributed by atoms with Crippen molar-refractivity contribution in [3.05, 3.63) is 0 Å². The van der Waals surface area contributed by atoms with Crippen LogP contribution >= 0.6 is 15.6 Å². The van der Waals surface area contributed by atoms with Gasteiger partial charge in [0.15, 0.2) is 12.2 Å². The molecule has 7 atom stereocenters. The second kappa shape index (κ2) is 61.0. The van der Waals surface area contributed by atoms with Gasteiger partial charge in [0.05, 0.1) is 26.4 Å². The van der Waals surface area contributed by atoms with E-state index >= 15 is 0 Å². The number of hydrogen-bond acceptors (Lipinski definition) is 15. The Labute approximate surface area is 543 Å². The molecule has 0 aromatic rings. The van der Waals surface area contributed by atoms with Crippen LogP contribution in [-0.4, -0.2) is 96.7 Å². The molecule has 0 aliphatic carbocycles. The van der Waals surface area contributed by atoms with E-state index in [0.29, 0.717) is 25.7 Å². The van der Waals surface area contributed by atoms with Gasteiger partial charge in [-0.2, -0.15) is 0 Å². The van der Waals surface area contributed by atoms with Crippen molar-refractivity contribution in [1.82, 2.24) is 0 Å². The fourth-order valence-corrected chi connectivity index (χ4v) is 12.1. The van der Waals surface area contributed by atoms with Gasteiger partial charge in [0.1, 0.15) is 19.3 Å². The van der Waals surface area contributed by atoms with E-state index < -0.39 is 97.5 Å². The lowest BCUT2D eigenvalue weighted by atomic mass is 9.99. The molecule has 0 bridgehead atoms. The zero-order chi connectivity index (χ0) is 65.9. The zero-order valence-corrected chi connectivity index (χ0v) is 59.7. The molecule has 3 N–H and O–H groups in total. The molecule has 0 aliphatic heterocycles. The monoisotopic (exact) mass is 1310 g/mol. The van der Waals surface area contributed by atoms with E-state index in [2.05, 4.69) is 48.5 Å². The Hall–Kier alpha value is -1.94. The molecule has 19 heteroatoms. The molecule has 0 spiro atoms. The molecule has 17 nitrogen and oxygen atoms in total. The van der Waals surface area contributed by atoms with Crippen molar-refractivity contribution in [1.29, 1.82) is 0 Å². The maximum Gasteiger partial charge on any atom is 0.472 e. The Bertz CT molecular complexity index is 1750. The molecule has 0 saturated heterocycles. The number of phosphoric acid groups is 2. The molecule has 0 radical (unpaired) electrons. The van der Waals surface area contributed by atoms with Gasteiger partial charge in [-0.3, -0.25) is 37.3 Å². The first-order valence-electron chi connectivity index (χ1n) is 36.4. The van der Waals surface area contributed by atoms with Crippen molar-refractivity contribution in [2.45, 2.75) is 369 Å². The van der Waals surface area contributed by atoms with Gasteiger partial charge in [-0.15, -0.1) is 0 Å². The molecule has 528 valence electrons. The van der Waals surface area contributed by atoms with Crippen LogP contribution < -0.4 is 0 Å². The van der Waals surface area contributed by atoms with E-state index in [0.717, 1.165) is 114 Å². The largest absolute Gasteiger partial charge is 0.472 e. The highest BCUT2D eigenvalue weighted by molar-refractivity contribution is 7.47. The third-order valence-corrected chi connectivity index (χ3v) is 18.8. The van der Waals surface area contributed by atoms with Crippen LogP contribution in [0.4, 0.5) is 0 Å². The summed E-state index contributed by atoms with van der Waals surface area (Å²) in [7, 11) is -9.90. The van der Waals surface area contributed by atoms with Crippen molar-refractivity contribution >= 4 is 39.5 Å². The average molecular weight is 1310 g/mol. The van der Waals surface area contributed by atoms with E-state index in [4.69, 9.17) is 37.0 Å². The van der Waals surface area contributed by atoms with Crippen LogP contribution in [0, 0.1) is 17.8 Å². The Kier molecular flexibility index (Phi) is 59.6. The van der Waals surface area contributed by atoms with Crippen LogP contribution in [0.5, 0.6) is 0 Å². The normalized spacial score (nSPS) is 14.8. The van der Waals surface area contributed by atoms with Crippen molar-refractivity contribution in [2.75, 3.05) is 39.6 Å². The van der Waals surface area contributed by atoms with E-state index in [1.54, 1.807) is 0 Å². The molecule has 0 rings (SSSR count). The van der Waals surface area contributed by atoms with Crippen LogP contribution in [0.15, 0.2) is 0 Å². The molecule has 0 aromatic heterocycles. The number of ether oxygens (including phenoxy) is 4. The van der Waals surface area contributed by atoms with Crippen molar-refractivity contribution < 1.29 is 80.2 Å². The highest BCUT2D eigenvalue weighted by Gasteiger charge is 2.30. The lowest BCUT2D eigenvalue weighted by molar-refractivity contribution is -0.161. The molecular formula is C70H136O17P2. The van der Waals surface area contributed by atoms with Crippen molar-refractivity contribution in [3.63, 3.8) is 0 Å². The number of aliphatic hydroxyl groups is 1. The highest BCUT2D eigenvalue weighted by Crippen LogP contribution is 2.45. The lowest BCUT2D eigenvalue weighted by Gasteiger charge is -2.21. The van der Waals surface area contributed by atoms with Crippen LogP contribution in [-0.2, 0) is 65.4 Å². The first kappa shape index (κ1) is 87.1. The SMILES string of the molecule is CCCCCCCCCCC(=O)OC[C@H](COP(=O)(O)OC[C@H](O)COP(=O)(O)OC[C@@H](COC(=O)CCCCCCCCCCC(C)CC)OC(=O)CCCCCCCCCCCCCCCCCCC(C)C)OC(=O)CCCCCCCCC(C)CC. The topological polar surface area (TPSA) is 237 Å². The molecule has 0 amide bonds. The summed E-state index contributed by atoms with van der Waals surface area (Å²) < 4.78 is 68.2. The van der Waals surface area contributed by atoms with Crippen LogP contribution in [0.2, 0.25) is 0 Å². The number of carbonyl (C=O) groups is 4. The summed E-state index contributed by atoms with van der Waals surface area (Å²) in [5.74, 6) is 0.175. The number of unbranched alkanes of at least 4 members (excludes halogenated alkanes) is 34. The van der Waals surface area contributed by atoms with E-state index in [1.165, 1.54) is 154 Å². The Morgan fingerprint density at radius 3 is 0.854 bits per heavy atom. The minimum absolute atomic E-state index is 0.103. The number of phosphoric ester groups is 2. The molecule has 0 fully saturated rings. The van der Waals surface area contributed by atoms with Gasteiger partial charge in [0.2, 0.25) is 0 Å². The standard InChI is InChI=1S/C70H136O17P2/c1-8-11-12-13-14-29-37-44-51-67(72)80-58-66(87-70(75)54-47-40-33-32-36-43-50-63(7)10-3)60-85-89(78,79)83-56-64(71)55-82-88(76,77)84-59-65(57-81-68(73)52-45-38-30-26-25-28-35-42-49-62(6)9-2)86-69(74)53-46-39-31-24-22-20-18-16-15-17-19-21-23-27-34-41-48-61(4)5/h61-66,71H,8-60H2,1-7H3,(H,76,77)(H,78,79)/t62?,63?,64-,65-,66-/m1/s1. The fourth-order valence-electron chi connectivity index (χ4n) is 10.5. The van der Waals surface area contributed by atoms with E-state index in [-0.39, 0.29) is 25.7 Å². The predicted octanol–water partition coefficient (Wildman–Crippen LogP) is 19.8. The first-order valence-corrected chi connectivity index (χ1v) is 39.4. The predicted molar refractivity (Wildman–Crippen MR) is 358 cm³/mol. The third-order valence-electron chi connectivity index (χ3n) is 16.9. The van der Waals surface area contributed by atoms with Gasteiger partial charge in [-0.05, 0) is 43.4 Å². The summed E-state index contributed by atoms with van der Waals surface area (Å²) in [5.41, 5.74) is 0. The van der Waals surface area contributed by atoms with Crippen LogP contribution in [0.3, 0.4) is 0 Å². The Morgan fingerprint density at radius 2 is 0.573 bits per heavy atom. The molecule has 0 aromatic carbocycles. The smallest absolute Gasteiger partial charge is 0.462 e. The molecule has 4 unspecified atom stereocenters. The van der Waals surface area contributed by atoms with Crippen molar-refractivity contribution in [2.24, 2.45) is 17.8 Å². The number of esters is 4. The first-order chi connectivity index (χ1) is 42.8. The minimum Gasteiger partial charge on any atom is -0.462 e. The number of hydrogen-bond donors (Lipinski definition) is 3. The maximum absolute atomic E-state index is 13.0. The summed E-state index contributed by atoms with van der Waals surface area (Å²) in [4.78, 5) is 72.4. The molecular weight excluding hydrogens is 1170 g/mol. The molecule has 0 heterocycles. The third kappa shape index (κ3) is 62.0. The summed E-state index contributed by atoms with van der Waals surface area (Å²) in [5, 5.41) is 10.6. The molecule has 0 saturated carbocycles. The maximum atomic E-state index is 13.0. The Morgan fingerprint density at radius 1 is 0.326 bits per heavy atom.